The van der Waals surface area contributed by atoms with E-state index in [-0.39, 0.29) is 6.54 Å². The summed E-state index contributed by atoms with van der Waals surface area (Å²) < 4.78 is 12.3. The number of carbonyl (C=O) groups is 1. The van der Waals surface area contributed by atoms with Gasteiger partial charge >= 0.3 is 5.97 Å². The summed E-state index contributed by atoms with van der Waals surface area (Å²) in [6.45, 7) is -0.0113. The smallest absolute Gasteiger partial charge is 0.327 e. The zero-order valence-electron chi connectivity index (χ0n) is 13.0. The molecule has 0 amide bonds. The minimum Gasteiger partial charge on any atom is -0.495 e. The number of rotatable bonds is 5. The summed E-state index contributed by atoms with van der Waals surface area (Å²) in [5.41, 5.74) is 1.35. The summed E-state index contributed by atoms with van der Waals surface area (Å²) >= 11 is 3.41. The molecule has 0 aliphatic heterocycles. The molecule has 24 heavy (non-hydrogen) atoms. The van der Waals surface area contributed by atoms with Crippen molar-refractivity contribution in [2.45, 2.75) is 6.54 Å². The normalized spacial score (nSPS) is 10.6. The minimum atomic E-state index is -0.397. The lowest BCUT2D eigenvalue weighted by molar-refractivity contribution is -0.141. The Bertz CT molecular complexity index is 896. The van der Waals surface area contributed by atoms with E-state index >= 15 is 0 Å². The van der Waals surface area contributed by atoms with E-state index in [9.17, 15) is 4.79 Å². The van der Waals surface area contributed by atoms with Crippen molar-refractivity contribution in [3.8, 4) is 5.75 Å². The molecular weight excluding hydrogens is 378 g/mol. The Kier molecular flexibility index (Phi) is 4.61. The van der Waals surface area contributed by atoms with Gasteiger partial charge in [-0.05, 0) is 28.1 Å². The fourth-order valence-electron chi connectivity index (χ4n) is 2.17. The molecule has 8 nitrogen and oxygen atoms in total. The summed E-state index contributed by atoms with van der Waals surface area (Å²) in [4.78, 5) is 19.9. The van der Waals surface area contributed by atoms with Crippen LogP contribution in [0.15, 0.2) is 35.2 Å². The third-order valence-electron chi connectivity index (χ3n) is 3.35. The largest absolute Gasteiger partial charge is 0.495 e. The van der Waals surface area contributed by atoms with Crippen LogP contribution >= 0.6 is 15.9 Å². The molecule has 0 aliphatic carbocycles. The first-order valence-corrected chi connectivity index (χ1v) is 7.75. The minimum absolute atomic E-state index is 0.0113. The number of hydrogen-bond acceptors (Lipinski definition) is 7. The summed E-state index contributed by atoms with van der Waals surface area (Å²) in [6, 6.07) is 5.61. The Morgan fingerprint density at radius 1 is 1.33 bits per heavy atom. The van der Waals surface area contributed by atoms with Gasteiger partial charge in [0.25, 0.3) is 0 Å². The molecular formula is C15H14BrN5O3. The monoisotopic (exact) mass is 391 g/mol. The first-order valence-electron chi connectivity index (χ1n) is 6.96. The molecule has 0 aliphatic rings. The second kappa shape index (κ2) is 6.83. The van der Waals surface area contributed by atoms with Crippen molar-refractivity contribution in [3.63, 3.8) is 0 Å². The molecule has 124 valence electrons. The van der Waals surface area contributed by atoms with Crippen molar-refractivity contribution in [2.75, 3.05) is 19.5 Å². The quantitative estimate of drug-likeness (QED) is 0.667. The van der Waals surface area contributed by atoms with E-state index in [1.165, 1.54) is 18.1 Å². The molecule has 3 aromatic rings. The maximum Gasteiger partial charge on any atom is 0.327 e. The number of carbonyl (C=O) groups excluding carboxylic acids is 1. The second-order valence-electron chi connectivity index (χ2n) is 4.81. The molecule has 0 fully saturated rings. The number of esters is 1. The van der Waals surface area contributed by atoms with Gasteiger partial charge in [-0.3, -0.25) is 4.79 Å². The first-order chi connectivity index (χ1) is 11.6. The van der Waals surface area contributed by atoms with E-state index in [2.05, 4.69) is 41.1 Å². The third kappa shape index (κ3) is 3.16. The topological polar surface area (TPSA) is 91.2 Å². The van der Waals surface area contributed by atoms with Crippen molar-refractivity contribution >= 4 is 44.4 Å². The molecule has 2 heterocycles. The van der Waals surface area contributed by atoms with Gasteiger partial charge in [-0.1, -0.05) is 0 Å². The van der Waals surface area contributed by atoms with Gasteiger partial charge in [-0.15, -0.1) is 0 Å². The standard InChI is InChI=1S/C15H14BrN5O3/c1-23-12-5-9(3-4-11(12)16)20-14-10-6-19-21(7-13(22)24-2)15(10)18-8-17-14/h3-6,8H,7H2,1-2H3,(H,17,18,20). The molecule has 0 saturated heterocycles. The molecule has 0 saturated carbocycles. The van der Waals surface area contributed by atoms with Crippen LogP contribution in [0.3, 0.4) is 0 Å². The van der Waals surface area contributed by atoms with Crippen molar-refractivity contribution in [1.82, 2.24) is 19.7 Å². The van der Waals surface area contributed by atoms with E-state index in [0.29, 0.717) is 22.6 Å². The van der Waals surface area contributed by atoms with Gasteiger partial charge in [0.05, 0.1) is 30.3 Å². The van der Waals surface area contributed by atoms with E-state index in [0.717, 1.165) is 10.2 Å². The predicted molar refractivity (Wildman–Crippen MR) is 91.3 cm³/mol. The van der Waals surface area contributed by atoms with E-state index < -0.39 is 5.97 Å². The second-order valence-corrected chi connectivity index (χ2v) is 5.67. The molecule has 0 bridgehead atoms. The van der Waals surface area contributed by atoms with Crippen molar-refractivity contribution in [3.05, 3.63) is 35.2 Å². The number of nitrogens with zero attached hydrogens (tertiary/aromatic N) is 4. The van der Waals surface area contributed by atoms with Gasteiger partial charge in [0, 0.05) is 11.8 Å². The van der Waals surface area contributed by atoms with Gasteiger partial charge in [0.15, 0.2) is 5.65 Å². The van der Waals surface area contributed by atoms with Gasteiger partial charge < -0.3 is 14.8 Å². The van der Waals surface area contributed by atoms with Crippen LogP contribution in [0.1, 0.15) is 0 Å². The Morgan fingerprint density at radius 3 is 2.92 bits per heavy atom. The lowest BCUT2D eigenvalue weighted by Crippen LogP contribution is -2.13. The lowest BCUT2D eigenvalue weighted by atomic mass is 10.3. The Hall–Kier alpha value is -2.68. The average molecular weight is 392 g/mol. The number of nitrogens with one attached hydrogen (secondary N) is 1. The van der Waals surface area contributed by atoms with Crippen LogP contribution in [-0.2, 0) is 16.1 Å². The fraction of sp³-hybridized carbons (Fsp3) is 0.200. The zero-order valence-corrected chi connectivity index (χ0v) is 14.6. The Morgan fingerprint density at radius 2 is 2.17 bits per heavy atom. The van der Waals surface area contributed by atoms with Crippen molar-refractivity contribution < 1.29 is 14.3 Å². The van der Waals surface area contributed by atoms with Crippen LogP contribution in [0.4, 0.5) is 11.5 Å². The van der Waals surface area contributed by atoms with Crippen LogP contribution in [0.2, 0.25) is 0 Å². The number of hydrogen-bond donors (Lipinski definition) is 1. The molecule has 0 atom stereocenters. The highest BCUT2D eigenvalue weighted by Crippen LogP contribution is 2.30. The Labute approximate surface area is 145 Å². The van der Waals surface area contributed by atoms with Crippen molar-refractivity contribution in [1.29, 1.82) is 0 Å². The average Bonchev–Trinajstić information content (AvgIpc) is 3.00. The number of ether oxygens (including phenoxy) is 2. The number of benzene rings is 1. The lowest BCUT2D eigenvalue weighted by Gasteiger charge is -2.09. The highest BCUT2D eigenvalue weighted by atomic mass is 79.9. The molecule has 0 unspecified atom stereocenters. The molecule has 9 heteroatoms. The van der Waals surface area contributed by atoms with Crippen LogP contribution in [0, 0.1) is 0 Å². The molecule has 0 radical (unpaired) electrons. The number of fused-ring (bicyclic) bond motifs is 1. The highest BCUT2D eigenvalue weighted by Gasteiger charge is 2.13. The van der Waals surface area contributed by atoms with E-state index in [1.807, 2.05) is 18.2 Å². The van der Waals surface area contributed by atoms with Crippen LogP contribution in [-0.4, -0.2) is 39.9 Å². The number of anilines is 2. The fourth-order valence-corrected chi connectivity index (χ4v) is 2.58. The molecule has 0 spiro atoms. The van der Waals surface area contributed by atoms with Crippen LogP contribution < -0.4 is 10.1 Å². The third-order valence-corrected chi connectivity index (χ3v) is 4.01. The maximum atomic E-state index is 11.4. The summed E-state index contributed by atoms with van der Waals surface area (Å²) in [7, 11) is 2.93. The van der Waals surface area contributed by atoms with Gasteiger partial charge in [0.1, 0.15) is 24.4 Å². The maximum absolute atomic E-state index is 11.4. The molecule has 2 aromatic heterocycles. The zero-order chi connectivity index (χ0) is 17.1. The van der Waals surface area contributed by atoms with Gasteiger partial charge in [-0.2, -0.15) is 5.10 Å². The Balaban J connectivity index is 1.94. The van der Waals surface area contributed by atoms with Crippen molar-refractivity contribution in [2.24, 2.45) is 0 Å². The molecule has 3 rings (SSSR count). The highest BCUT2D eigenvalue weighted by molar-refractivity contribution is 9.10. The first kappa shape index (κ1) is 16.2. The summed E-state index contributed by atoms with van der Waals surface area (Å²) in [6.07, 6.45) is 3.02. The van der Waals surface area contributed by atoms with Gasteiger partial charge in [-0.25, -0.2) is 14.6 Å². The predicted octanol–water partition coefficient (Wildman–Crippen LogP) is 2.51. The van der Waals surface area contributed by atoms with Crippen LogP contribution in [0.5, 0.6) is 5.75 Å². The SMILES string of the molecule is COC(=O)Cn1ncc2c(Nc3ccc(Br)c(OC)c3)ncnc21. The summed E-state index contributed by atoms with van der Waals surface area (Å²) in [5.74, 6) is 0.887. The number of methoxy groups -OCH3 is 2. The molecule has 1 aromatic carbocycles. The summed E-state index contributed by atoms with van der Waals surface area (Å²) in [5, 5.41) is 8.08. The number of halogens is 1. The van der Waals surface area contributed by atoms with E-state index in [1.54, 1.807) is 13.3 Å². The molecule has 1 N–H and O–H groups in total. The van der Waals surface area contributed by atoms with Crippen LogP contribution in [0.25, 0.3) is 11.0 Å². The number of aromatic nitrogens is 4. The van der Waals surface area contributed by atoms with Gasteiger partial charge in [0.2, 0.25) is 0 Å². The van der Waals surface area contributed by atoms with E-state index in [4.69, 9.17) is 4.74 Å².